The van der Waals surface area contributed by atoms with Gasteiger partial charge in [0.25, 0.3) is 0 Å². The van der Waals surface area contributed by atoms with Gasteiger partial charge in [0.05, 0.1) is 30.1 Å². The zero-order valence-corrected chi connectivity index (χ0v) is 38.6. The molecule has 1 saturated heterocycles. The monoisotopic (exact) mass is 808 g/mol. The van der Waals surface area contributed by atoms with E-state index in [0.29, 0.717) is 32.7 Å². The van der Waals surface area contributed by atoms with Crippen molar-refractivity contribution < 1.29 is 33.7 Å². The molecule has 1 rings (SSSR count). The number of nitrogens with zero attached hydrogens (tertiary/aromatic N) is 1. The van der Waals surface area contributed by atoms with Crippen LogP contribution in [0.1, 0.15) is 241 Å². The Morgan fingerprint density at radius 1 is 0.561 bits per heavy atom. The third-order valence-corrected chi connectivity index (χ3v) is 12.2. The Kier molecular flexibility index (Phi) is 31.0. The highest BCUT2D eigenvalue weighted by atomic mass is 16.5. The average Bonchev–Trinajstić information content (AvgIpc) is 3.56. The van der Waals surface area contributed by atoms with E-state index in [1.807, 2.05) is 32.6 Å². The van der Waals surface area contributed by atoms with Crippen molar-refractivity contribution in [1.29, 1.82) is 0 Å². The molecule has 0 aromatic carbocycles. The minimum atomic E-state index is -0.537. The lowest BCUT2D eigenvalue weighted by molar-refractivity contribution is -0.161. The first-order valence-electron chi connectivity index (χ1n) is 24.3. The van der Waals surface area contributed by atoms with E-state index < -0.39 is 23.0 Å². The van der Waals surface area contributed by atoms with Gasteiger partial charge in [-0.1, -0.05) is 149 Å². The number of hydrogen-bond acceptors (Lipinski definition) is 8. The number of β-amino-alcohol motifs (C(OH)–C–C–N with tert-alkyl or cyclic N) is 1. The second kappa shape index (κ2) is 33.1. The maximum absolute atomic E-state index is 13.3. The first-order chi connectivity index (χ1) is 27.4. The van der Waals surface area contributed by atoms with Crippen molar-refractivity contribution in [3.63, 3.8) is 0 Å². The fraction of sp³-hybridized carbons (Fsp3) is 0.939. The Bertz CT molecular complexity index is 1010. The quantitative estimate of drug-likeness (QED) is 0.0374. The second-order valence-corrected chi connectivity index (χ2v) is 18.9. The van der Waals surface area contributed by atoms with Crippen LogP contribution in [-0.2, 0) is 28.6 Å². The Labute approximate surface area is 352 Å². The van der Waals surface area contributed by atoms with Crippen molar-refractivity contribution in [2.75, 3.05) is 26.3 Å². The molecule has 1 aliphatic heterocycles. The van der Waals surface area contributed by atoms with Crippen LogP contribution in [0.4, 0.5) is 0 Å². The fourth-order valence-electron chi connectivity index (χ4n) is 8.05. The molecule has 0 aromatic rings. The summed E-state index contributed by atoms with van der Waals surface area (Å²) in [4.78, 5) is 41.2. The minimum Gasteiger partial charge on any atom is -0.465 e. The number of ether oxygens (including phenoxy) is 3. The molecule has 1 heterocycles. The summed E-state index contributed by atoms with van der Waals surface area (Å²) < 4.78 is 17.5. The van der Waals surface area contributed by atoms with Crippen LogP contribution in [-0.4, -0.2) is 72.5 Å². The van der Waals surface area contributed by atoms with E-state index >= 15 is 0 Å². The third kappa shape index (κ3) is 26.2. The number of likely N-dealkylation sites (tertiary alicyclic amines) is 1. The molecule has 3 atom stereocenters. The lowest BCUT2D eigenvalue weighted by Gasteiger charge is -2.27. The van der Waals surface area contributed by atoms with Crippen LogP contribution >= 0.6 is 0 Å². The van der Waals surface area contributed by atoms with Crippen LogP contribution in [0.5, 0.6) is 0 Å². The molecule has 1 unspecified atom stereocenters. The van der Waals surface area contributed by atoms with Gasteiger partial charge in [0, 0.05) is 13.0 Å². The van der Waals surface area contributed by atoms with Crippen LogP contribution in [0.25, 0.3) is 0 Å². The molecule has 0 bridgehead atoms. The summed E-state index contributed by atoms with van der Waals surface area (Å²) in [5, 5.41) is 10.4. The van der Waals surface area contributed by atoms with Crippen molar-refractivity contribution in [3.05, 3.63) is 0 Å². The van der Waals surface area contributed by atoms with E-state index in [9.17, 15) is 19.5 Å². The molecule has 336 valence electrons. The zero-order chi connectivity index (χ0) is 42.2. The number of carbonyl (C=O) groups is 3. The largest absolute Gasteiger partial charge is 0.465 e. The van der Waals surface area contributed by atoms with Gasteiger partial charge in [-0.15, -0.1) is 0 Å². The summed E-state index contributed by atoms with van der Waals surface area (Å²) in [6.07, 6.45) is 32.1. The molecule has 57 heavy (non-hydrogen) atoms. The topological polar surface area (TPSA) is 102 Å². The number of aliphatic hydroxyl groups excluding tert-OH is 1. The highest BCUT2D eigenvalue weighted by molar-refractivity contribution is 5.77. The highest BCUT2D eigenvalue weighted by Crippen LogP contribution is 2.29. The summed E-state index contributed by atoms with van der Waals surface area (Å²) in [5.74, 6) is -0.430. The number of rotatable bonds is 38. The van der Waals surface area contributed by atoms with E-state index in [4.69, 9.17) is 14.2 Å². The molecule has 8 heteroatoms. The molecule has 0 radical (unpaired) electrons. The van der Waals surface area contributed by atoms with Gasteiger partial charge in [0.15, 0.2) is 0 Å². The lowest BCUT2D eigenvalue weighted by Crippen LogP contribution is -2.38. The van der Waals surface area contributed by atoms with E-state index in [1.165, 1.54) is 96.3 Å². The molecule has 1 aliphatic rings. The van der Waals surface area contributed by atoms with Crippen molar-refractivity contribution in [2.45, 2.75) is 259 Å². The predicted molar refractivity (Wildman–Crippen MR) is 236 cm³/mol. The van der Waals surface area contributed by atoms with Crippen LogP contribution in [0.3, 0.4) is 0 Å². The maximum atomic E-state index is 13.3. The molecule has 0 aromatic heterocycles. The van der Waals surface area contributed by atoms with Crippen LogP contribution in [0.2, 0.25) is 0 Å². The Balaban J connectivity index is 2.30. The maximum Gasteiger partial charge on any atom is 0.323 e. The summed E-state index contributed by atoms with van der Waals surface area (Å²) in [7, 11) is 0. The van der Waals surface area contributed by atoms with Crippen LogP contribution < -0.4 is 0 Å². The average molecular weight is 808 g/mol. The smallest absolute Gasteiger partial charge is 0.323 e. The highest BCUT2D eigenvalue weighted by Gasteiger charge is 2.37. The Hall–Kier alpha value is -1.67. The van der Waals surface area contributed by atoms with Crippen molar-refractivity contribution >= 4 is 17.9 Å². The summed E-state index contributed by atoms with van der Waals surface area (Å²) in [5.41, 5.74) is -1.04. The van der Waals surface area contributed by atoms with Crippen molar-refractivity contribution in [1.82, 2.24) is 4.90 Å². The number of carbonyl (C=O) groups excluding carboxylic acids is 3. The number of unbranched alkanes of at least 4 members (excludes halogenated alkanes) is 20. The van der Waals surface area contributed by atoms with Gasteiger partial charge in [0.2, 0.25) is 0 Å². The molecule has 0 spiro atoms. The Morgan fingerprint density at radius 3 is 1.53 bits per heavy atom. The van der Waals surface area contributed by atoms with Gasteiger partial charge in [-0.2, -0.15) is 0 Å². The van der Waals surface area contributed by atoms with Gasteiger partial charge in [0.1, 0.15) is 12.1 Å². The number of hydrogen-bond donors (Lipinski definition) is 1. The minimum absolute atomic E-state index is 0.0354. The molecular formula is C49H93NO7. The standard InChI is InChI=1S/C49H93NO7/c1-8-11-14-17-19-20-21-24-32-39-56-46(53)48(4,5)36-29-30-37-50-41-42(51)40-44(50)45(52)55-38-31-25-23-28-35-49(6,7)47(54)57-43(33-26-16-13-10-3)34-27-22-18-15-12-9-2/h42-44,51H,8-41H2,1-7H3/t42-,43?,44-/m0/s1. The normalized spacial score (nSPS) is 16.8. The first-order valence-corrected chi connectivity index (χ1v) is 24.3. The van der Waals surface area contributed by atoms with Gasteiger partial charge in [-0.05, 0) is 92.0 Å². The summed E-state index contributed by atoms with van der Waals surface area (Å²) in [6, 6.07) is -0.419. The van der Waals surface area contributed by atoms with Gasteiger partial charge in [-0.25, -0.2) is 0 Å². The van der Waals surface area contributed by atoms with Gasteiger partial charge in [-0.3, -0.25) is 19.3 Å². The molecular weight excluding hydrogens is 715 g/mol. The van der Waals surface area contributed by atoms with E-state index in [1.54, 1.807) is 0 Å². The molecule has 0 amide bonds. The van der Waals surface area contributed by atoms with E-state index in [0.717, 1.165) is 89.9 Å². The van der Waals surface area contributed by atoms with Crippen molar-refractivity contribution in [2.24, 2.45) is 10.8 Å². The van der Waals surface area contributed by atoms with E-state index in [-0.39, 0.29) is 24.0 Å². The molecule has 0 aliphatic carbocycles. The summed E-state index contributed by atoms with van der Waals surface area (Å²) in [6.45, 7) is 16.7. The molecule has 1 fully saturated rings. The van der Waals surface area contributed by atoms with E-state index in [2.05, 4.69) is 20.8 Å². The first kappa shape index (κ1) is 53.3. The van der Waals surface area contributed by atoms with Gasteiger partial charge >= 0.3 is 17.9 Å². The fourth-order valence-corrected chi connectivity index (χ4v) is 8.05. The lowest BCUT2D eigenvalue weighted by atomic mass is 9.86. The molecule has 1 N–H and O–H groups in total. The number of esters is 3. The predicted octanol–water partition coefficient (Wildman–Crippen LogP) is 12.8. The molecule has 8 nitrogen and oxygen atoms in total. The third-order valence-electron chi connectivity index (χ3n) is 12.2. The van der Waals surface area contributed by atoms with Crippen molar-refractivity contribution in [3.8, 4) is 0 Å². The van der Waals surface area contributed by atoms with Crippen LogP contribution in [0, 0.1) is 10.8 Å². The Morgan fingerprint density at radius 2 is 0.982 bits per heavy atom. The van der Waals surface area contributed by atoms with Gasteiger partial charge < -0.3 is 19.3 Å². The summed E-state index contributed by atoms with van der Waals surface area (Å²) >= 11 is 0. The zero-order valence-electron chi connectivity index (χ0n) is 38.6. The number of aliphatic hydroxyl groups is 1. The second-order valence-electron chi connectivity index (χ2n) is 18.9. The molecule has 0 saturated carbocycles. The SMILES string of the molecule is CCCCCCCCCCCOC(=O)C(C)(C)CCCCN1C[C@@H](O)C[C@H]1C(=O)OCCCCCCC(C)(C)C(=O)OC(CCCCCC)CCCCCCCC. The van der Waals surface area contributed by atoms with Crippen LogP contribution in [0.15, 0.2) is 0 Å².